The van der Waals surface area contributed by atoms with Crippen molar-refractivity contribution in [2.24, 2.45) is 4.99 Å². The van der Waals surface area contributed by atoms with Crippen molar-refractivity contribution in [2.75, 3.05) is 13.6 Å². The van der Waals surface area contributed by atoms with E-state index in [0.717, 1.165) is 17.7 Å². The van der Waals surface area contributed by atoms with Crippen molar-refractivity contribution in [2.45, 2.75) is 45.0 Å². The van der Waals surface area contributed by atoms with Gasteiger partial charge in [-0.05, 0) is 36.5 Å². The second-order valence-electron chi connectivity index (χ2n) is 7.42. The van der Waals surface area contributed by atoms with Crippen molar-refractivity contribution < 1.29 is 8.42 Å². The average molecular weight is 417 g/mol. The van der Waals surface area contributed by atoms with Crippen LogP contribution in [0.2, 0.25) is 0 Å². The molecule has 29 heavy (non-hydrogen) atoms. The van der Waals surface area contributed by atoms with Crippen LogP contribution in [0.15, 0.2) is 59.6 Å². The summed E-state index contributed by atoms with van der Waals surface area (Å²) in [5.41, 5.74) is 2.98. The van der Waals surface area contributed by atoms with E-state index in [2.05, 4.69) is 39.4 Å². The van der Waals surface area contributed by atoms with Crippen molar-refractivity contribution in [3.63, 3.8) is 0 Å². The topological polar surface area (TPSA) is 82.6 Å². The Morgan fingerprint density at radius 2 is 1.55 bits per heavy atom. The van der Waals surface area contributed by atoms with Gasteiger partial charge in [0, 0.05) is 26.2 Å². The van der Waals surface area contributed by atoms with E-state index in [-0.39, 0.29) is 11.8 Å². The number of benzene rings is 2. The van der Waals surface area contributed by atoms with E-state index in [9.17, 15) is 8.42 Å². The number of hydrogen-bond donors (Lipinski definition) is 3. The van der Waals surface area contributed by atoms with Crippen LogP contribution in [0.3, 0.4) is 0 Å². The van der Waals surface area contributed by atoms with Crippen LogP contribution < -0.4 is 15.4 Å². The molecule has 2 aromatic carbocycles. The van der Waals surface area contributed by atoms with E-state index in [1.165, 1.54) is 5.56 Å². The van der Waals surface area contributed by atoms with Gasteiger partial charge in [-0.25, -0.2) is 13.1 Å². The van der Waals surface area contributed by atoms with Gasteiger partial charge in [0.25, 0.3) is 0 Å². The molecule has 0 bridgehead atoms. The number of rotatable bonds is 9. The largest absolute Gasteiger partial charge is 0.356 e. The summed E-state index contributed by atoms with van der Waals surface area (Å²) in [5.74, 6) is 0.986. The minimum absolute atomic E-state index is 0.0416. The molecule has 0 radical (unpaired) electrons. The molecule has 0 spiro atoms. The zero-order valence-electron chi connectivity index (χ0n) is 17.6. The van der Waals surface area contributed by atoms with Crippen molar-refractivity contribution >= 4 is 16.0 Å². The highest BCUT2D eigenvalue weighted by molar-refractivity contribution is 7.88. The fraction of sp³-hybridized carbons (Fsp3) is 0.409. The SMILES string of the molecule is CN=C(NCc1ccccc1CS(=O)(=O)NC(C)C)NCC(C)c1ccccc1. The van der Waals surface area contributed by atoms with Gasteiger partial charge in [-0.15, -0.1) is 0 Å². The summed E-state index contributed by atoms with van der Waals surface area (Å²) in [6, 6.07) is 17.8. The van der Waals surface area contributed by atoms with Gasteiger partial charge in [-0.1, -0.05) is 61.5 Å². The first-order valence-corrected chi connectivity index (χ1v) is 11.5. The van der Waals surface area contributed by atoms with Gasteiger partial charge in [0.1, 0.15) is 0 Å². The van der Waals surface area contributed by atoms with Crippen molar-refractivity contribution in [3.05, 3.63) is 71.3 Å². The molecule has 158 valence electrons. The first-order valence-electron chi connectivity index (χ1n) is 9.87. The Morgan fingerprint density at radius 1 is 0.931 bits per heavy atom. The quantitative estimate of drug-likeness (QED) is 0.434. The number of sulfonamides is 1. The lowest BCUT2D eigenvalue weighted by atomic mass is 10.0. The fourth-order valence-electron chi connectivity index (χ4n) is 3.03. The minimum Gasteiger partial charge on any atom is -0.356 e. The van der Waals surface area contributed by atoms with Gasteiger partial charge in [0.15, 0.2) is 5.96 Å². The molecule has 0 heterocycles. The maximum atomic E-state index is 12.3. The van der Waals surface area contributed by atoms with Crippen LogP contribution in [0.4, 0.5) is 0 Å². The van der Waals surface area contributed by atoms with E-state index in [1.54, 1.807) is 7.05 Å². The maximum absolute atomic E-state index is 12.3. The van der Waals surface area contributed by atoms with Crippen molar-refractivity contribution in [1.29, 1.82) is 0 Å². The molecule has 0 aliphatic carbocycles. The molecule has 2 rings (SSSR count). The molecule has 0 fully saturated rings. The van der Waals surface area contributed by atoms with Crippen LogP contribution >= 0.6 is 0 Å². The standard InChI is InChI=1S/C22H32N4O2S/c1-17(2)26-29(27,28)16-21-13-9-8-12-20(21)15-25-22(23-4)24-14-18(3)19-10-6-5-7-11-19/h5-13,17-18,26H,14-16H2,1-4H3,(H2,23,24,25). The zero-order chi connectivity index (χ0) is 21.3. The van der Waals surface area contributed by atoms with Crippen LogP contribution in [0.5, 0.6) is 0 Å². The smallest absolute Gasteiger partial charge is 0.216 e. The highest BCUT2D eigenvalue weighted by Crippen LogP contribution is 2.14. The van der Waals surface area contributed by atoms with Gasteiger partial charge in [0.05, 0.1) is 5.75 Å². The lowest BCUT2D eigenvalue weighted by molar-refractivity contribution is 0.568. The third-order valence-corrected chi connectivity index (χ3v) is 6.01. The Bertz CT molecular complexity index is 896. The summed E-state index contributed by atoms with van der Waals surface area (Å²) < 4.78 is 27.2. The molecule has 0 aliphatic heterocycles. The van der Waals surface area contributed by atoms with Crippen LogP contribution in [0, 0.1) is 0 Å². The molecular weight excluding hydrogens is 384 g/mol. The Balaban J connectivity index is 1.96. The molecule has 0 saturated carbocycles. The lowest BCUT2D eigenvalue weighted by Gasteiger charge is -2.17. The summed E-state index contributed by atoms with van der Waals surface area (Å²) in [6.45, 7) is 7.04. The lowest BCUT2D eigenvalue weighted by Crippen LogP contribution is -2.39. The third kappa shape index (κ3) is 7.87. The number of hydrogen-bond acceptors (Lipinski definition) is 3. The van der Waals surface area contributed by atoms with E-state index < -0.39 is 10.0 Å². The summed E-state index contributed by atoms with van der Waals surface area (Å²) in [7, 11) is -1.65. The Labute approximate surface area is 174 Å². The normalized spacial score (nSPS) is 13.3. The monoisotopic (exact) mass is 416 g/mol. The van der Waals surface area contributed by atoms with Crippen LogP contribution in [-0.2, 0) is 22.3 Å². The minimum atomic E-state index is -3.38. The second-order valence-corrected chi connectivity index (χ2v) is 9.17. The molecule has 1 unspecified atom stereocenters. The molecule has 3 N–H and O–H groups in total. The van der Waals surface area contributed by atoms with E-state index in [4.69, 9.17) is 0 Å². The molecule has 0 aliphatic rings. The maximum Gasteiger partial charge on any atom is 0.216 e. The number of guanidine groups is 1. The van der Waals surface area contributed by atoms with Crippen LogP contribution in [0.25, 0.3) is 0 Å². The summed E-state index contributed by atoms with van der Waals surface area (Å²) >= 11 is 0. The van der Waals surface area contributed by atoms with E-state index in [0.29, 0.717) is 18.4 Å². The fourth-order valence-corrected chi connectivity index (χ4v) is 4.52. The van der Waals surface area contributed by atoms with E-state index >= 15 is 0 Å². The molecule has 0 amide bonds. The number of nitrogens with zero attached hydrogens (tertiary/aromatic N) is 1. The second kappa shape index (κ2) is 11.0. The summed E-state index contributed by atoms with van der Waals surface area (Å²) in [4.78, 5) is 4.28. The molecule has 1 atom stereocenters. The summed E-state index contributed by atoms with van der Waals surface area (Å²) in [5, 5.41) is 6.62. The number of aliphatic imine (C=N–C) groups is 1. The molecule has 0 aromatic heterocycles. The first-order chi connectivity index (χ1) is 13.8. The Morgan fingerprint density at radius 3 is 2.17 bits per heavy atom. The molecule has 7 heteroatoms. The van der Waals surface area contributed by atoms with Crippen molar-refractivity contribution in [3.8, 4) is 0 Å². The Kier molecular flexibility index (Phi) is 8.67. The Hall–Kier alpha value is -2.38. The highest BCUT2D eigenvalue weighted by atomic mass is 32.2. The van der Waals surface area contributed by atoms with Gasteiger partial charge >= 0.3 is 0 Å². The molecule has 2 aromatic rings. The van der Waals surface area contributed by atoms with E-state index in [1.807, 2.05) is 56.3 Å². The summed E-state index contributed by atoms with van der Waals surface area (Å²) in [6.07, 6.45) is 0. The van der Waals surface area contributed by atoms with Gasteiger partial charge in [-0.2, -0.15) is 0 Å². The first kappa shape index (κ1) is 22.9. The molecule has 6 nitrogen and oxygen atoms in total. The van der Waals surface area contributed by atoms with Gasteiger partial charge in [0.2, 0.25) is 10.0 Å². The van der Waals surface area contributed by atoms with Crippen LogP contribution in [-0.4, -0.2) is 34.0 Å². The third-order valence-electron chi connectivity index (χ3n) is 4.49. The molecule has 0 saturated heterocycles. The molecular formula is C22H32N4O2S. The predicted octanol–water partition coefficient (Wildman–Crippen LogP) is 2.98. The van der Waals surface area contributed by atoms with Crippen LogP contribution in [0.1, 0.15) is 43.4 Å². The number of nitrogens with one attached hydrogen (secondary N) is 3. The predicted molar refractivity (Wildman–Crippen MR) is 120 cm³/mol. The van der Waals surface area contributed by atoms with Gasteiger partial charge < -0.3 is 10.6 Å². The highest BCUT2D eigenvalue weighted by Gasteiger charge is 2.15. The average Bonchev–Trinajstić information content (AvgIpc) is 2.68. The van der Waals surface area contributed by atoms with Gasteiger partial charge in [-0.3, -0.25) is 4.99 Å². The zero-order valence-corrected chi connectivity index (χ0v) is 18.5. The van der Waals surface area contributed by atoms with Crippen molar-refractivity contribution in [1.82, 2.24) is 15.4 Å².